The van der Waals surface area contributed by atoms with Gasteiger partial charge in [0.05, 0.1) is 37.0 Å². The molecule has 0 radical (unpaired) electrons. The summed E-state index contributed by atoms with van der Waals surface area (Å²) in [4.78, 5) is 33.2. The molecule has 5 rings (SSSR count). The third kappa shape index (κ3) is 7.96. The lowest BCUT2D eigenvalue weighted by Crippen LogP contribution is -2.44. The van der Waals surface area contributed by atoms with Crippen molar-refractivity contribution in [2.75, 3.05) is 56.6 Å². The van der Waals surface area contributed by atoms with E-state index >= 15 is 0 Å². The van der Waals surface area contributed by atoms with E-state index in [2.05, 4.69) is 58.4 Å². The molecule has 2 N–H and O–H groups in total. The Morgan fingerprint density at radius 3 is 2.69 bits per heavy atom. The van der Waals surface area contributed by atoms with E-state index in [0.717, 1.165) is 57.1 Å². The molecule has 42 heavy (non-hydrogen) atoms. The predicted octanol–water partition coefficient (Wildman–Crippen LogP) is 4.85. The minimum atomic E-state index is -0.518. The van der Waals surface area contributed by atoms with Crippen LogP contribution < -0.4 is 10.6 Å². The van der Waals surface area contributed by atoms with Gasteiger partial charge in [-0.1, -0.05) is 6.57 Å². The number of nitrogens with zero attached hydrogens (tertiary/aromatic N) is 7. The van der Waals surface area contributed by atoms with Crippen molar-refractivity contribution in [3.8, 4) is 5.69 Å². The second kappa shape index (κ2) is 13.2. The fourth-order valence-corrected chi connectivity index (χ4v) is 5.12. The van der Waals surface area contributed by atoms with Crippen LogP contribution in [0.4, 0.5) is 27.9 Å². The Labute approximate surface area is 246 Å². The zero-order valence-electron chi connectivity index (χ0n) is 24.5. The van der Waals surface area contributed by atoms with Gasteiger partial charge in [-0.15, -0.1) is 4.98 Å². The first-order valence-electron chi connectivity index (χ1n) is 14.4. The Kier molecular flexibility index (Phi) is 9.19. The maximum Gasteiger partial charge on any atom is 0.410 e. The molecule has 12 nitrogen and oxygen atoms in total. The number of pyridine rings is 1. The number of ether oxygens (including phenoxy) is 2. The first-order chi connectivity index (χ1) is 20.3. The number of aromatic nitrogens is 4. The molecule has 0 spiro atoms. The number of hydrogen-bond acceptors (Lipinski definition) is 9. The van der Waals surface area contributed by atoms with E-state index in [9.17, 15) is 4.79 Å². The zero-order valence-corrected chi connectivity index (χ0v) is 24.5. The van der Waals surface area contributed by atoms with Crippen molar-refractivity contribution in [1.29, 1.82) is 0 Å². The van der Waals surface area contributed by atoms with Crippen LogP contribution in [0.25, 0.3) is 10.5 Å². The lowest BCUT2D eigenvalue weighted by atomic mass is 9.98. The number of rotatable bonds is 8. The van der Waals surface area contributed by atoms with E-state index in [4.69, 9.17) is 16.0 Å². The smallest absolute Gasteiger partial charge is 0.410 e. The Hall–Kier alpha value is -4.21. The van der Waals surface area contributed by atoms with Crippen molar-refractivity contribution < 1.29 is 14.3 Å². The standard InChI is InChI=1S/C30H39N9O3/c1-30(2,3)42-29(40)39-8-5-6-22(20-39)15-32-24-14-26(36-28-18-34-27(31-4)17-35-28)33-16-25(24)38-9-7-23(21-38)19-37-10-12-41-13-11-37/h7,9,14,16-18,21-22H,5-6,8,10-13,15,19-20H2,1-3H3,(H2,32,33,35,36). The van der Waals surface area contributed by atoms with E-state index in [1.54, 1.807) is 0 Å². The van der Waals surface area contributed by atoms with Gasteiger partial charge >= 0.3 is 6.09 Å². The summed E-state index contributed by atoms with van der Waals surface area (Å²) in [7, 11) is 0. The summed E-state index contributed by atoms with van der Waals surface area (Å²) >= 11 is 0. The minimum absolute atomic E-state index is 0.236. The van der Waals surface area contributed by atoms with Gasteiger partial charge in [0, 0.05) is 57.7 Å². The first-order valence-corrected chi connectivity index (χ1v) is 14.4. The Bertz CT molecular complexity index is 1390. The molecule has 0 bridgehead atoms. The Morgan fingerprint density at radius 1 is 1.14 bits per heavy atom. The zero-order chi connectivity index (χ0) is 29.5. The maximum absolute atomic E-state index is 12.7. The second-order valence-corrected chi connectivity index (χ2v) is 11.7. The number of carbonyl (C=O) groups is 1. The first kappa shape index (κ1) is 29.3. The molecule has 5 heterocycles. The highest BCUT2D eigenvalue weighted by molar-refractivity contribution is 5.69. The number of piperidine rings is 1. The van der Waals surface area contributed by atoms with Gasteiger partial charge in [-0.05, 0) is 51.2 Å². The fourth-order valence-electron chi connectivity index (χ4n) is 5.12. The maximum atomic E-state index is 12.7. The van der Waals surface area contributed by atoms with Crippen LogP contribution in [0.2, 0.25) is 0 Å². The van der Waals surface area contributed by atoms with E-state index in [0.29, 0.717) is 31.3 Å². The Balaban J connectivity index is 1.32. The highest BCUT2D eigenvalue weighted by atomic mass is 16.6. The predicted molar refractivity (Wildman–Crippen MR) is 160 cm³/mol. The van der Waals surface area contributed by atoms with E-state index < -0.39 is 5.60 Å². The van der Waals surface area contributed by atoms with E-state index in [-0.39, 0.29) is 17.8 Å². The number of anilines is 3. The van der Waals surface area contributed by atoms with Crippen LogP contribution in [0, 0.1) is 12.5 Å². The summed E-state index contributed by atoms with van der Waals surface area (Å²) in [6.07, 6.45) is 10.7. The van der Waals surface area contributed by atoms with Gasteiger partial charge in [0.1, 0.15) is 11.4 Å². The topological polar surface area (TPSA) is 114 Å². The fraction of sp³-hybridized carbons (Fsp3) is 0.500. The molecular formula is C30H39N9O3. The van der Waals surface area contributed by atoms with Crippen molar-refractivity contribution in [2.24, 2.45) is 5.92 Å². The van der Waals surface area contributed by atoms with Crippen LogP contribution >= 0.6 is 0 Å². The molecule has 0 aromatic carbocycles. The average molecular weight is 574 g/mol. The molecule has 1 atom stereocenters. The van der Waals surface area contributed by atoms with Crippen LogP contribution in [0.15, 0.2) is 43.1 Å². The van der Waals surface area contributed by atoms with Crippen molar-refractivity contribution in [2.45, 2.75) is 45.8 Å². The number of carbonyl (C=O) groups excluding carboxylic acids is 1. The molecule has 2 aliphatic rings. The van der Waals surface area contributed by atoms with Crippen molar-refractivity contribution >= 4 is 29.2 Å². The van der Waals surface area contributed by atoms with Crippen LogP contribution in [0.5, 0.6) is 0 Å². The highest BCUT2D eigenvalue weighted by Crippen LogP contribution is 2.27. The molecule has 3 aromatic heterocycles. The van der Waals surface area contributed by atoms with Gasteiger partial charge in [0.25, 0.3) is 5.82 Å². The number of amides is 1. The molecule has 2 fully saturated rings. The molecular weight excluding hydrogens is 534 g/mol. The molecule has 3 aromatic rings. The lowest BCUT2D eigenvalue weighted by Gasteiger charge is -2.34. The van der Waals surface area contributed by atoms with Crippen LogP contribution in [0.1, 0.15) is 39.2 Å². The third-order valence-corrected chi connectivity index (χ3v) is 7.19. The molecule has 222 valence electrons. The number of likely N-dealkylation sites (tertiary alicyclic amines) is 1. The second-order valence-electron chi connectivity index (χ2n) is 11.7. The summed E-state index contributed by atoms with van der Waals surface area (Å²) in [6.45, 7) is 19.1. The number of morpholine rings is 1. The molecule has 2 aliphatic heterocycles. The normalized spacial score (nSPS) is 17.9. The molecule has 1 amide bonds. The van der Waals surface area contributed by atoms with Gasteiger partial charge in [-0.3, -0.25) is 4.90 Å². The SMILES string of the molecule is [C-]#[N+]c1cnc(Nc2cc(NCC3CCCN(C(=O)OC(C)(C)C)C3)c(-n3ccc(CN4CCOCC4)c3)cn2)cn1. The summed E-state index contributed by atoms with van der Waals surface area (Å²) < 4.78 is 13.2. The van der Waals surface area contributed by atoms with E-state index in [1.165, 1.54) is 18.0 Å². The summed E-state index contributed by atoms with van der Waals surface area (Å²) in [5.74, 6) is 1.62. The van der Waals surface area contributed by atoms with Gasteiger partial charge < -0.3 is 34.4 Å². The van der Waals surface area contributed by atoms with Gasteiger partial charge in [0.2, 0.25) is 0 Å². The van der Waals surface area contributed by atoms with E-state index in [1.807, 2.05) is 37.9 Å². The van der Waals surface area contributed by atoms with Gasteiger partial charge in [-0.2, -0.15) is 0 Å². The molecule has 12 heteroatoms. The van der Waals surface area contributed by atoms with Gasteiger partial charge in [0.15, 0.2) is 12.0 Å². The summed E-state index contributed by atoms with van der Waals surface area (Å²) in [6, 6.07) is 4.09. The van der Waals surface area contributed by atoms with Crippen molar-refractivity contribution in [3.05, 3.63) is 60.1 Å². The van der Waals surface area contributed by atoms with Crippen LogP contribution in [0.3, 0.4) is 0 Å². The minimum Gasteiger partial charge on any atom is -0.444 e. The number of nitrogens with one attached hydrogen (secondary N) is 2. The van der Waals surface area contributed by atoms with Crippen LogP contribution in [-0.2, 0) is 16.0 Å². The third-order valence-electron chi connectivity index (χ3n) is 7.19. The highest BCUT2D eigenvalue weighted by Gasteiger charge is 2.27. The monoisotopic (exact) mass is 573 g/mol. The molecule has 1 unspecified atom stereocenters. The van der Waals surface area contributed by atoms with Crippen molar-refractivity contribution in [1.82, 2.24) is 29.3 Å². The quantitative estimate of drug-likeness (QED) is 0.365. The van der Waals surface area contributed by atoms with Crippen LogP contribution in [-0.4, -0.2) is 87.0 Å². The molecule has 0 aliphatic carbocycles. The lowest BCUT2D eigenvalue weighted by molar-refractivity contribution is 0.0172. The molecule has 2 saturated heterocycles. The van der Waals surface area contributed by atoms with Gasteiger partial charge in [-0.25, -0.2) is 14.8 Å². The Morgan fingerprint density at radius 2 is 1.95 bits per heavy atom. The van der Waals surface area contributed by atoms with Crippen molar-refractivity contribution in [3.63, 3.8) is 0 Å². The molecule has 0 saturated carbocycles. The largest absolute Gasteiger partial charge is 0.444 e. The summed E-state index contributed by atoms with van der Waals surface area (Å²) in [5, 5.41) is 6.83. The number of hydrogen-bond donors (Lipinski definition) is 2. The average Bonchev–Trinajstić information content (AvgIpc) is 3.44. The summed E-state index contributed by atoms with van der Waals surface area (Å²) in [5.41, 5.74) is 2.53.